The number of halogens is 1. The zero-order chi connectivity index (χ0) is 22.4. The van der Waals surface area contributed by atoms with E-state index in [2.05, 4.69) is 4.98 Å². The van der Waals surface area contributed by atoms with E-state index in [4.69, 9.17) is 4.74 Å². The fourth-order valence-electron chi connectivity index (χ4n) is 3.93. The van der Waals surface area contributed by atoms with Gasteiger partial charge >= 0.3 is 5.69 Å². The SMILES string of the molecule is COCCn1c(=O)c2c(nc3n(-c4ccc(F)cc4)c(-c4ccccc4)cn23)n(C)c1=O. The monoisotopic (exact) mass is 433 g/mol. The fraction of sp³-hybridized carbons (Fsp3) is 0.174. The Morgan fingerprint density at radius 2 is 1.75 bits per heavy atom. The Hall–Kier alpha value is -3.98. The van der Waals surface area contributed by atoms with Crippen LogP contribution >= 0.6 is 0 Å². The molecular formula is C23H20FN5O3. The zero-order valence-electron chi connectivity index (χ0n) is 17.5. The number of hydrogen-bond acceptors (Lipinski definition) is 4. The van der Waals surface area contributed by atoms with Crippen LogP contribution in [0.3, 0.4) is 0 Å². The molecule has 0 aliphatic rings. The summed E-state index contributed by atoms with van der Waals surface area (Å²) in [5.74, 6) is 0.0946. The summed E-state index contributed by atoms with van der Waals surface area (Å²) < 4.78 is 24.7. The number of ether oxygens (including phenoxy) is 1. The highest BCUT2D eigenvalue weighted by Crippen LogP contribution is 2.28. The van der Waals surface area contributed by atoms with Gasteiger partial charge in [-0.15, -0.1) is 0 Å². The minimum Gasteiger partial charge on any atom is -0.383 e. The van der Waals surface area contributed by atoms with Gasteiger partial charge in [-0.05, 0) is 24.3 Å². The van der Waals surface area contributed by atoms with E-state index < -0.39 is 11.2 Å². The average molecular weight is 433 g/mol. The van der Waals surface area contributed by atoms with Gasteiger partial charge in [-0.25, -0.2) is 9.18 Å². The van der Waals surface area contributed by atoms with Crippen molar-refractivity contribution in [1.82, 2.24) is 23.1 Å². The Labute approximate surface area is 181 Å². The molecule has 8 nitrogen and oxygen atoms in total. The molecule has 0 radical (unpaired) electrons. The van der Waals surface area contributed by atoms with Crippen molar-refractivity contribution in [1.29, 1.82) is 0 Å². The highest BCUT2D eigenvalue weighted by Gasteiger charge is 2.22. The maximum absolute atomic E-state index is 13.6. The lowest BCUT2D eigenvalue weighted by Gasteiger charge is -2.09. The van der Waals surface area contributed by atoms with Gasteiger partial charge in [0.05, 0.1) is 18.8 Å². The van der Waals surface area contributed by atoms with E-state index in [0.29, 0.717) is 11.5 Å². The number of aromatic nitrogens is 5. The van der Waals surface area contributed by atoms with Crippen LogP contribution in [0, 0.1) is 5.82 Å². The van der Waals surface area contributed by atoms with Gasteiger partial charge < -0.3 is 4.74 Å². The third kappa shape index (κ3) is 2.97. The number of benzene rings is 2. The van der Waals surface area contributed by atoms with E-state index in [1.54, 1.807) is 23.6 Å². The normalized spacial score (nSPS) is 11.6. The predicted octanol–water partition coefficient (Wildman–Crippen LogP) is 2.59. The van der Waals surface area contributed by atoms with E-state index in [1.165, 1.54) is 23.8 Å². The average Bonchev–Trinajstić information content (AvgIpc) is 3.35. The Morgan fingerprint density at radius 3 is 2.44 bits per heavy atom. The Bertz CT molecular complexity index is 1560. The highest BCUT2D eigenvalue weighted by molar-refractivity contribution is 5.79. The number of nitrogens with zero attached hydrogens (tertiary/aromatic N) is 5. The molecule has 2 aromatic carbocycles. The standard InChI is InChI=1S/C23H20FN5O3/c1-26-20-19(21(30)27(23(26)31)12-13-32-2)28-14-18(15-6-4-3-5-7-15)29(22(28)25-20)17-10-8-16(24)9-11-17/h3-11,14H,12-13H2,1-2H3. The third-order valence-corrected chi connectivity index (χ3v) is 5.52. The van der Waals surface area contributed by atoms with E-state index in [1.807, 2.05) is 41.1 Å². The summed E-state index contributed by atoms with van der Waals surface area (Å²) in [5, 5.41) is 0. The highest BCUT2D eigenvalue weighted by atomic mass is 19.1. The zero-order valence-corrected chi connectivity index (χ0v) is 17.5. The van der Waals surface area contributed by atoms with Gasteiger partial charge in [0, 0.05) is 31.6 Å². The number of hydrogen-bond donors (Lipinski definition) is 0. The van der Waals surface area contributed by atoms with Gasteiger partial charge in [-0.3, -0.25) is 22.9 Å². The molecule has 3 heterocycles. The van der Waals surface area contributed by atoms with Crippen LogP contribution < -0.4 is 11.2 Å². The van der Waals surface area contributed by atoms with Crippen molar-refractivity contribution in [3.63, 3.8) is 0 Å². The molecule has 0 spiro atoms. The molecule has 0 saturated heterocycles. The predicted molar refractivity (Wildman–Crippen MR) is 119 cm³/mol. The molecule has 9 heteroatoms. The van der Waals surface area contributed by atoms with Crippen molar-refractivity contribution in [3.05, 3.63) is 87.4 Å². The number of methoxy groups -OCH3 is 1. The Balaban J connectivity index is 1.90. The van der Waals surface area contributed by atoms with Crippen LogP contribution in [-0.2, 0) is 18.3 Å². The Kier molecular flexibility index (Phi) is 4.75. The molecule has 3 aromatic heterocycles. The van der Waals surface area contributed by atoms with Crippen molar-refractivity contribution in [3.8, 4) is 16.9 Å². The molecule has 5 rings (SSSR count). The summed E-state index contributed by atoms with van der Waals surface area (Å²) in [6, 6.07) is 15.7. The third-order valence-electron chi connectivity index (χ3n) is 5.52. The number of fused-ring (bicyclic) bond motifs is 3. The first-order valence-electron chi connectivity index (χ1n) is 10.0. The molecule has 0 fully saturated rings. The molecule has 0 aliphatic carbocycles. The molecule has 0 N–H and O–H groups in total. The summed E-state index contributed by atoms with van der Waals surface area (Å²) >= 11 is 0. The largest absolute Gasteiger partial charge is 0.383 e. The van der Waals surface area contributed by atoms with Gasteiger partial charge in [0.15, 0.2) is 11.2 Å². The van der Waals surface area contributed by atoms with Crippen molar-refractivity contribution in [2.24, 2.45) is 7.05 Å². The van der Waals surface area contributed by atoms with Gasteiger partial charge in [0.25, 0.3) is 5.56 Å². The minimum absolute atomic E-state index is 0.134. The van der Waals surface area contributed by atoms with Crippen molar-refractivity contribution in [2.75, 3.05) is 13.7 Å². The number of rotatable bonds is 5. The van der Waals surface area contributed by atoms with Gasteiger partial charge in [0.1, 0.15) is 5.82 Å². The summed E-state index contributed by atoms with van der Waals surface area (Å²) in [4.78, 5) is 30.7. The lowest BCUT2D eigenvalue weighted by atomic mass is 10.1. The molecule has 0 amide bonds. The molecule has 5 aromatic rings. The number of aryl methyl sites for hydroxylation is 1. The molecule has 0 atom stereocenters. The minimum atomic E-state index is -0.461. The van der Waals surface area contributed by atoms with Crippen LogP contribution in [0.15, 0.2) is 70.4 Å². The van der Waals surface area contributed by atoms with Crippen LogP contribution in [0.5, 0.6) is 0 Å². The van der Waals surface area contributed by atoms with Gasteiger partial charge in [0.2, 0.25) is 5.78 Å². The molecule has 32 heavy (non-hydrogen) atoms. The van der Waals surface area contributed by atoms with Crippen LogP contribution in [0.25, 0.3) is 33.9 Å². The first-order valence-corrected chi connectivity index (χ1v) is 10.0. The summed E-state index contributed by atoms with van der Waals surface area (Å²) in [5.41, 5.74) is 2.02. The summed E-state index contributed by atoms with van der Waals surface area (Å²) in [6.07, 6.45) is 1.82. The quantitative estimate of drug-likeness (QED) is 0.427. The van der Waals surface area contributed by atoms with Crippen LogP contribution in [0.2, 0.25) is 0 Å². The Morgan fingerprint density at radius 1 is 1.03 bits per heavy atom. The van der Waals surface area contributed by atoms with Crippen LogP contribution in [0.1, 0.15) is 0 Å². The first kappa shape index (κ1) is 20.0. The second kappa shape index (κ2) is 7.61. The maximum Gasteiger partial charge on any atom is 0.332 e. The molecule has 0 aliphatic heterocycles. The van der Waals surface area contributed by atoms with Gasteiger partial charge in [-0.1, -0.05) is 30.3 Å². The molecule has 0 bridgehead atoms. The molecule has 0 unspecified atom stereocenters. The van der Waals surface area contributed by atoms with Crippen molar-refractivity contribution in [2.45, 2.75) is 6.54 Å². The van der Waals surface area contributed by atoms with E-state index in [9.17, 15) is 14.0 Å². The lowest BCUT2D eigenvalue weighted by molar-refractivity contribution is 0.184. The topological polar surface area (TPSA) is 75.5 Å². The van der Waals surface area contributed by atoms with Crippen LogP contribution in [-0.4, -0.2) is 36.8 Å². The molecule has 0 saturated carbocycles. The second-order valence-electron chi connectivity index (χ2n) is 7.44. The van der Waals surface area contributed by atoms with E-state index >= 15 is 0 Å². The number of imidazole rings is 2. The smallest absolute Gasteiger partial charge is 0.332 e. The van der Waals surface area contributed by atoms with Crippen molar-refractivity contribution >= 4 is 16.9 Å². The second-order valence-corrected chi connectivity index (χ2v) is 7.44. The van der Waals surface area contributed by atoms with Gasteiger partial charge in [-0.2, -0.15) is 4.98 Å². The molecular weight excluding hydrogens is 413 g/mol. The van der Waals surface area contributed by atoms with Crippen LogP contribution in [0.4, 0.5) is 4.39 Å². The maximum atomic E-state index is 13.6. The van der Waals surface area contributed by atoms with Crippen molar-refractivity contribution < 1.29 is 9.13 Å². The first-order chi connectivity index (χ1) is 15.5. The lowest BCUT2D eigenvalue weighted by Crippen LogP contribution is -2.40. The summed E-state index contributed by atoms with van der Waals surface area (Å²) in [7, 11) is 3.10. The van der Waals surface area contributed by atoms with E-state index in [0.717, 1.165) is 15.8 Å². The van der Waals surface area contributed by atoms with E-state index in [-0.39, 0.29) is 30.1 Å². The summed E-state index contributed by atoms with van der Waals surface area (Å²) in [6.45, 7) is 0.365. The fourth-order valence-corrected chi connectivity index (χ4v) is 3.93. The molecule has 162 valence electrons.